The number of rotatable bonds is 2. The van der Waals surface area contributed by atoms with Crippen molar-refractivity contribution in [1.82, 2.24) is 0 Å². The summed E-state index contributed by atoms with van der Waals surface area (Å²) in [4.78, 5) is 12.3. The third kappa shape index (κ3) is 2.42. The van der Waals surface area contributed by atoms with Crippen LogP contribution in [0.25, 0.3) is 0 Å². The van der Waals surface area contributed by atoms with E-state index in [-0.39, 0.29) is 10.9 Å². The number of benzene rings is 1. The molecule has 1 rings (SSSR count). The molecule has 0 bridgehead atoms. The number of aromatic hydroxyl groups is 1. The van der Waals surface area contributed by atoms with Gasteiger partial charge in [0.15, 0.2) is 0 Å². The Morgan fingerprint density at radius 3 is 2.62 bits per heavy atom. The molecule has 0 aliphatic heterocycles. The molecule has 0 unspecified atom stereocenters. The van der Waals surface area contributed by atoms with Gasteiger partial charge in [0.1, 0.15) is 5.75 Å². The lowest BCUT2D eigenvalue weighted by Crippen LogP contribution is -1.92. The zero-order valence-corrected chi connectivity index (χ0v) is 9.04. The maximum absolute atomic E-state index is 11.3. The summed E-state index contributed by atoms with van der Waals surface area (Å²) in [6.07, 6.45) is 3.63. The van der Waals surface area contributed by atoms with Gasteiger partial charge in [0, 0.05) is 4.90 Å². The van der Waals surface area contributed by atoms with Crippen molar-refractivity contribution in [2.75, 3.05) is 12.5 Å². The second-order valence-corrected chi connectivity index (χ2v) is 4.03. The van der Waals surface area contributed by atoms with E-state index >= 15 is 0 Å². The lowest BCUT2D eigenvalue weighted by Gasteiger charge is -2.03. The third-order valence-corrected chi connectivity index (χ3v) is 2.93. The van der Waals surface area contributed by atoms with Crippen LogP contribution >= 0.6 is 23.5 Å². The molecule has 0 fully saturated rings. The molecule has 0 aliphatic rings. The zero-order valence-electron chi connectivity index (χ0n) is 7.40. The van der Waals surface area contributed by atoms with Gasteiger partial charge >= 0.3 is 0 Å². The van der Waals surface area contributed by atoms with Crippen LogP contribution in [0, 0.1) is 0 Å². The van der Waals surface area contributed by atoms with Crippen molar-refractivity contribution in [2.24, 2.45) is 0 Å². The number of thioether (sulfide) groups is 2. The Balaban J connectivity index is 3.11. The highest BCUT2D eigenvalue weighted by atomic mass is 32.2. The molecule has 2 nitrogen and oxygen atoms in total. The van der Waals surface area contributed by atoms with Crippen molar-refractivity contribution in [3.05, 3.63) is 23.8 Å². The molecule has 0 radical (unpaired) electrons. The van der Waals surface area contributed by atoms with Crippen LogP contribution < -0.4 is 0 Å². The van der Waals surface area contributed by atoms with Gasteiger partial charge in [-0.15, -0.1) is 11.8 Å². The first kappa shape index (κ1) is 10.5. The van der Waals surface area contributed by atoms with Gasteiger partial charge in [-0.1, -0.05) is 11.8 Å². The minimum absolute atomic E-state index is 0.0529. The van der Waals surface area contributed by atoms with Crippen LogP contribution in [-0.4, -0.2) is 22.7 Å². The van der Waals surface area contributed by atoms with E-state index in [4.69, 9.17) is 0 Å². The van der Waals surface area contributed by atoms with Crippen molar-refractivity contribution in [1.29, 1.82) is 0 Å². The summed E-state index contributed by atoms with van der Waals surface area (Å²) in [5, 5.41) is 9.29. The van der Waals surface area contributed by atoms with Crippen LogP contribution in [0.15, 0.2) is 23.1 Å². The number of carbonyl (C=O) groups excluding carboxylic acids is 1. The fourth-order valence-corrected chi connectivity index (χ4v) is 1.74. The SMILES string of the molecule is CSC(=O)c1cc(SC)ccc1O. The molecule has 13 heavy (non-hydrogen) atoms. The molecule has 1 N–H and O–H groups in total. The van der Waals surface area contributed by atoms with Crippen molar-refractivity contribution >= 4 is 28.6 Å². The van der Waals surface area contributed by atoms with Gasteiger partial charge in [0.25, 0.3) is 0 Å². The summed E-state index contributed by atoms with van der Waals surface area (Å²) >= 11 is 2.65. The van der Waals surface area contributed by atoms with Crippen molar-refractivity contribution in [3.8, 4) is 5.75 Å². The molecular formula is C9H10O2S2. The van der Waals surface area contributed by atoms with E-state index in [0.717, 1.165) is 16.7 Å². The molecule has 0 aliphatic carbocycles. The first-order valence-corrected chi connectivity index (χ1v) is 6.09. The molecule has 0 atom stereocenters. The topological polar surface area (TPSA) is 37.3 Å². The molecule has 0 spiro atoms. The van der Waals surface area contributed by atoms with E-state index in [1.807, 2.05) is 6.26 Å². The normalized spacial score (nSPS) is 10.0. The fourth-order valence-electron chi connectivity index (χ4n) is 0.916. The van der Waals surface area contributed by atoms with Gasteiger partial charge in [-0.3, -0.25) is 4.79 Å². The third-order valence-electron chi connectivity index (χ3n) is 1.61. The Kier molecular flexibility index (Phi) is 3.69. The smallest absolute Gasteiger partial charge is 0.222 e. The predicted molar refractivity (Wildman–Crippen MR) is 57.7 cm³/mol. The van der Waals surface area contributed by atoms with Crippen molar-refractivity contribution in [3.63, 3.8) is 0 Å². The Hall–Kier alpha value is -0.610. The second-order valence-electron chi connectivity index (χ2n) is 2.37. The van der Waals surface area contributed by atoms with Crippen LogP contribution in [0.5, 0.6) is 5.75 Å². The minimum atomic E-state index is -0.103. The maximum atomic E-state index is 11.3. The van der Waals surface area contributed by atoms with Crippen molar-refractivity contribution in [2.45, 2.75) is 4.90 Å². The summed E-state index contributed by atoms with van der Waals surface area (Å²) < 4.78 is 0. The molecule has 0 saturated carbocycles. The van der Waals surface area contributed by atoms with Crippen LogP contribution in [0.3, 0.4) is 0 Å². The lowest BCUT2D eigenvalue weighted by atomic mass is 10.2. The number of hydrogen-bond donors (Lipinski definition) is 1. The van der Waals surface area contributed by atoms with E-state index in [2.05, 4.69) is 0 Å². The minimum Gasteiger partial charge on any atom is -0.507 e. The number of carbonyl (C=O) groups is 1. The van der Waals surface area contributed by atoms with E-state index in [0.29, 0.717) is 5.56 Å². The molecule has 4 heteroatoms. The van der Waals surface area contributed by atoms with Gasteiger partial charge in [-0.05, 0) is 30.7 Å². The molecule has 0 amide bonds. The van der Waals surface area contributed by atoms with E-state index in [9.17, 15) is 9.90 Å². The van der Waals surface area contributed by atoms with E-state index < -0.39 is 0 Å². The fraction of sp³-hybridized carbons (Fsp3) is 0.222. The highest BCUT2D eigenvalue weighted by Gasteiger charge is 2.09. The van der Waals surface area contributed by atoms with Crippen LogP contribution in [0.1, 0.15) is 10.4 Å². The Labute approximate surface area is 85.7 Å². The highest BCUT2D eigenvalue weighted by Crippen LogP contribution is 2.26. The van der Waals surface area contributed by atoms with Crippen LogP contribution in [-0.2, 0) is 0 Å². The Bertz CT molecular complexity index is 323. The second kappa shape index (κ2) is 4.58. The Morgan fingerprint density at radius 1 is 1.38 bits per heavy atom. The van der Waals surface area contributed by atoms with Gasteiger partial charge in [-0.25, -0.2) is 0 Å². The Morgan fingerprint density at radius 2 is 2.08 bits per heavy atom. The summed E-state index contributed by atoms with van der Waals surface area (Å²) in [6, 6.07) is 5.05. The summed E-state index contributed by atoms with van der Waals surface area (Å²) in [7, 11) is 0. The van der Waals surface area contributed by atoms with Crippen LogP contribution in [0.2, 0.25) is 0 Å². The maximum Gasteiger partial charge on any atom is 0.222 e. The van der Waals surface area contributed by atoms with Gasteiger partial charge < -0.3 is 5.11 Å². The number of hydrogen-bond acceptors (Lipinski definition) is 4. The van der Waals surface area contributed by atoms with Gasteiger partial charge in [0.2, 0.25) is 5.12 Å². The average molecular weight is 214 g/mol. The molecule has 0 aromatic heterocycles. The monoisotopic (exact) mass is 214 g/mol. The summed E-state index contributed by atoms with van der Waals surface area (Å²) in [5.74, 6) is 0.0529. The van der Waals surface area contributed by atoms with Crippen molar-refractivity contribution < 1.29 is 9.90 Å². The number of phenolic OH excluding ortho intramolecular Hbond substituents is 1. The first-order chi connectivity index (χ1) is 6.19. The molecule has 70 valence electrons. The zero-order chi connectivity index (χ0) is 9.84. The van der Waals surface area contributed by atoms with Gasteiger partial charge in [0.05, 0.1) is 5.56 Å². The first-order valence-electron chi connectivity index (χ1n) is 3.64. The lowest BCUT2D eigenvalue weighted by molar-refractivity contribution is 0.108. The average Bonchev–Trinajstić information content (AvgIpc) is 2.17. The molecular weight excluding hydrogens is 204 g/mol. The van der Waals surface area contributed by atoms with E-state index in [1.54, 1.807) is 36.2 Å². The summed E-state index contributed by atoms with van der Waals surface area (Å²) in [5.41, 5.74) is 0.388. The number of phenols is 1. The van der Waals surface area contributed by atoms with Crippen LogP contribution in [0.4, 0.5) is 0 Å². The van der Waals surface area contributed by atoms with Gasteiger partial charge in [-0.2, -0.15) is 0 Å². The molecule has 0 saturated heterocycles. The molecule has 0 heterocycles. The predicted octanol–water partition coefficient (Wildman–Crippen LogP) is 2.62. The summed E-state index contributed by atoms with van der Waals surface area (Å²) in [6.45, 7) is 0. The molecule has 1 aromatic carbocycles. The van der Waals surface area contributed by atoms with E-state index in [1.165, 1.54) is 0 Å². The standard InChI is InChI=1S/C9H10O2S2/c1-12-6-3-4-8(10)7(5-6)9(11)13-2/h3-5,10H,1-2H3. The quantitative estimate of drug-likeness (QED) is 0.768. The highest BCUT2D eigenvalue weighted by molar-refractivity contribution is 8.13. The largest absolute Gasteiger partial charge is 0.507 e. The molecule has 1 aromatic rings.